The number of aromatic nitrogens is 2. The summed E-state index contributed by atoms with van der Waals surface area (Å²) in [5.41, 5.74) is 3.29. The Balaban J connectivity index is 1.22. The molecule has 1 fully saturated rings. The molecule has 3 aliphatic rings. The van der Waals surface area contributed by atoms with E-state index in [2.05, 4.69) is 15.1 Å². The predicted octanol–water partition coefficient (Wildman–Crippen LogP) is 4.98. The van der Waals surface area contributed by atoms with Gasteiger partial charge >= 0.3 is 6.09 Å². The fraction of sp³-hybridized carbons (Fsp3) is 0.306. The molecule has 0 bridgehead atoms. The van der Waals surface area contributed by atoms with Crippen molar-refractivity contribution in [2.45, 2.75) is 18.6 Å². The first-order valence-electron chi connectivity index (χ1n) is 16.0. The van der Waals surface area contributed by atoms with Gasteiger partial charge in [0.2, 0.25) is 0 Å². The smallest absolute Gasteiger partial charge is 0.420 e. The number of anilines is 1. The van der Waals surface area contributed by atoms with Crippen LogP contribution in [0.1, 0.15) is 22.6 Å². The number of ketones is 1. The highest BCUT2D eigenvalue weighted by molar-refractivity contribution is 6.30. The summed E-state index contributed by atoms with van der Waals surface area (Å²) in [7, 11) is 0. The zero-order valence-corrected chi connectivity index (χ0v) is 27.0. The normalized spacial score (nSPS) is 19.1. The lowest BCUT2D eigenvalue weighted by Crippen LogP contribution is -2.51. The molecule has 48 heavy (non-hydrogen) atoms. The summed E-state index contributed by atoms with van der Waals surface area (Å²) in [6.07, 6.45) is 0.389. The third-order valence-electron chi connectivity index (χ3n) is 8.75. The van der Waals surface area contributed by atoms with E-state index in [1.165, 1.54) is 4.90 Å². The SMILES string of the molecule is O=C1CN(CC(O)CN2CCOCC2)CC2=C1C(c1cccc(Oc3ccc(Cl)cc3)c1)c1c[nH]nc1N2C(=O)OCc1ccccc1. The van der Waals surface area contributed by atoms with Gasteiger partial charge in [0, 0.05) is 61.0 Å². The van der Waals surface area contributed by atoms with Crippen molar-refractivity contribution in [1.29, 1.82) is 0 Å². The molecule has 7 rings (SSSR count). The van der Waals surface area contributed by atoms with Gasteiger partial charge in [-0.15, -0.1) is 0 Å². The maximum atomic E-state index is 14.2. The van der Waals surface area contributed by atoms with Crippen molar-refractivity contribution in [2.75, 3.05) is 57.4 Å². The highest BCUT2D eigenvalue weighted by atomic mass is 35.5. The second-order valence-electron chi connectivity index (χ2n) is 12.1. The number of morpholine rings is 1. The molecule has 3 aliphatic heterocycles. The van der Waals surface area contributed by atoms with Gasteiger partial charge < -0.3 is 19.3 Å². The number of ether oxygens (including phenoxy) is 3. The molecule has 4 heterocycles. The number of aromatic amines is 1. The van der Waals surface area contributed by atoms with E-state index in [9.17, 15) is 14.7 Å². The van der Waals surface area contributed by atoms with Gasteiger partial charge in [-0.05, 0) is 47.5 Å². The molecule has 2 unspecified atom stereocenters. The van der Waals surface area contributed by atoms with Gasteiger partial charge in [0.1, 0.15) is 18.1 Å². The molecule has 2 atom stereocenters. The lowest BCUT2D eigenvalue weighted by Gasteiger charge is -2.41. The first-order valence-corrected chi connectivity index (χ1v) is 16.4. The summed E-state index contributed by atoms with van der Waals surface area (Å²) in [6.45, 7) is 3.87. The van der Waals surface area contributed by atoms with Crippen LogP contribution in [0.15, 0.2) is 96.3 Å². The Bertz CT molecular complexity index is 1790. The number of β-amino-alcohol motifs (C(OH)–C–C–N with tert-alkyl or cyclic N) is 1. The number of hydrogen-bond acceptors (Lipinski definition) is 9. The Hall–Kier alpha value is -4.52. The van der Waals surface area contributed by atoms with Gasteiger partial charge in [0.05, 0.1) is 31.6 Å². The standard InChI is InChI=1S/C36H36ClN5O6/c37-26-9-11-28(12-10-26)48-29-8-4-7-25(17-29)33-30-18-38-39-35(30)42(36(45)47-23-24-5-2-1-3-6-24)31-21-41(22-32(44)34(31)33)20-27(43)19-40-13-15-46-16-14-40/h1-12,17-18,27,33,43H,13-16,19-23H2,(H,38,39). The van der Waals surface area contributed by atoms with Gasteiger partial charge in [0.15, 0.2) is 11.6 Å². The third kappa shape index (κ3) is 7.01. The minimum Gasteiger partial charge on any atom is -0.457 e. The molecule has 1 aromatic heterocycles. The number of rotatable bonds is 9. The van der Waals surface area contributed by atoms with E-state index in [-0.39, 0.29) is 32.0 Å². The fourth-order valence-electron chi connectivity index (χ4n) is 6.58. The Morgan fingerprint density at radius 2 is 1.75 bits per heavy atom. The monoisotopic (exact) mass is 669 g/mol. The van der Waals surface area contributed by atoms with Crippen molar-refractivity contribution in [2.24, 2.45) is 0 Å². The number of nitrogens with zero attached hydrogens (tertiary/aromatic N) is 4. The Morgan fingerprint density at radius 1 is 0.979 bits per heavy atom. The molecule has 3 aromatic carbocycles. The summed E-state index contributed by atoms with van der Waals surface area (Å²) >= 11 is 6.06. The van der Waals surface area contributed by atoms with Crippen LogP contribution in [0.25, 0.3) is 0 Å². The van der Waals surface area contributed by atoms with Crippen molar-refractivity contribution in [1.82, 2.24) is 20.0 Å². The minimum atomic E-state index is -0.696. The van der Waals surface area contributed by atoms with Crippen LogP contribution in [0.5, 0.6) is 11.5 Å². The Morgan fingerprint density at radius 3 is 2.54 bits per heavy atom. The van der Waals surface area contributed by atoms with E-state index >= 15 is 0 Å². The number of carbonyl (C=O) groups excluding carboxylic acids is 2. The van der Waals surface area contributed by atoms with Gasteiger partial charge in [0.25, 0.3) is 0 Å². The van der Waals surface area contributed by atoms with Crippen molar-refractivity contribution in [3.05, 3.63) is 118 Å². The summed E-state index contributed by atoms with van der Waals surface area (Å²) in [5.74, 6) is 0.911. The van der Waals surface area contributed by atoms with Crippen LogP contribution >= 0.6 is 11.6 Å². The second-order valence-corrected chi connectivity index (χ2v) is 12.6. The minimum absolute atomic E-state index is 0.0575. The zero-order chi connectivity index (χ0) is 33.0. The topological polar surface area (TPSA) is 120 Å². The molecule has 4 aromatic rings. The maximum Gasteiger partial charge on any atom is 0.420 e. The average Bonchev–Trinajstić information content (AvgIpc) is 3.57. The summed E-state index contributed by atoms with van der Waals surface area (Å²) in [4.78, 5) is 33.6. The van der Waals surface area contributed by atoms with Crippen LogP contribution in [0, 0.1) is 0 Å². The highest BCUT2D eigenvalue weighted by Crippen LogP contribution is 2.46. The molecule has 1 saturated heterocycles. The molecule has 12 heteroatoms. The molecule has 0 spiro atoms. The van der Waals surface area contributed by atoms with E-state index in [0.717, 1.165) is 24.2 Å². The van der Waals surface area contributed by atoms with Crippen LogP contribution < -0.4 is 9.64 Å². The number of benzene rings is 3. The van der Waals surface area contributed by atoms with E-state index in [1.54, 1.807) is 30.5 Å². The highest BCUT2D eigenvalue weighted by Gasteiger charge is 2.45. The molecule has 0 aliphatic carbocycles. The molecule has 11 nitrogen and oxygen atoms in total. The van der Waals surface area contributed by atoms with Gasteiger partial charge in [-0.3, -0.25) is 19.7 Å². The van der Waals surface area contributed by atoms with Crippen molar-refractivity contribution >= 4 is 29.3 Å². The van der Waals surface area contributed by atoms with Crippen LogP contribution in [0.4, 0.5) is 10.6 Å². The van der Waals surface area contributed by atoms with E-state index in [1.807, 2.05) is 59.5 Å². The van der Waals surface area contributed by atoms with Crippen LogP contribution in [-0.4, -0.2) is 95.6 Å². The number of amides is 1. The lowest BCUT2D eigenvalue weighted by atomic mass is 9.78. The number of carbonyl (C=O) groups is 2. The van der Waals surface area contributed by atoms with Crippen molar-refractivity contribution < 1.29 is 28.9 Å². The third-order valence-corrected chi connectivity index (χ3v) is 9.00. The first-order chi connectivity index (χ1) is 23.4. The lowest BCUT2D eigenvalue weighted by molar-refractivity contribution is -0.118. The summed E-state index contributed by atoms with van der Waals surface area (Å²) in [6, 6.07) is 24.1. The molecule has 1 amide bonds. The zero-order valence-electron chi connectivity index (χ0n) is 26.3. The van der Waals surface area contributed by atoms with Gasteiger partial charge in [-0.2, -0.15) is 5.10 Å². The number of hydrogen-bond donors (Lipinski definition) is 2. The van der Waals surface area contributed by atoms with Crippen LogP contribution in [-0.2, 0) is 20.9 Å². The summed E-state index contributed by atoms with van der Waals surface area (Å²) in [5, 5.41) is 19.1. The van der Waals surface area contributed by atoms with Gasteiger partial charge in [-0.25, -0.2) is 9.69 Å². The number of aliphatic hydroxyl groups excluding tert-OH is 1. The van der Waals surface area contributed by atoms with Crippen molar-refractivity contribution in [3.63, 3.8) is 0 Å². The van der Waals surface area contributed by atoms with E-state index < -0.39 is 18.1 Å². The number of fused-ring (bicyclic) bond motifs is 1. The Labute approximate surface area is 283 Å². The molecule has 0 radical (unpaired) electrons. The van der Waals surface area contributed by atoms with Crippen LogP contribution in [0.3, 0.4) is 0 Å². The average molecular weight is 670 g/mol. The van der Waals surface area contributed by atoms with E-state index in [0.29, 0.717) is 58.9 Å². The van der Waals surface area contributed by atoms with E-state index in [4.69, 9.17) is 25.8 Å². The molecule has 2 N–H and O–H groups in total. The number of Topliss-reactive ketones (excluding diaryl/α,β-unsaturated/α-hetero) is 1. The fourth-order valence-corrected chi connectivity index (χ4v) is 6.70. The molecular formula is C36H36ClN5O6. The van der Waals surface area contributed by atoms with Gasteiger partial charge in [-0.1, -0.05) is 54.1 Å². The number of H-pyrrole nitrogens is 1. The molecule has 248 valence electrons. The quantitative estimate of drug-likeness (QED) is 0.254. The summed E-state index contributed by atoms with van der Waals surface area (Å²) < 4.78 is 17.4. The first kappa shape index (κ1) is 32.0. The predicted molar refractivity (Wildman–Crippen MR) is 179 cm³/mol. The molecule has 0 saturated carbocycles. The second kappa shape index (κ2) is 14.3. The number of halogens is 1. The van der Waals surface area contributed by atoms with Crippen molar-refractivity contribution in [3.8, 4) is 11.5 Å². The molecular weight excluding hydrogens is 634 g/mol. The van der Waals surface area contributed by atoms with Crippen LogP contribution in [0.2, 0.25) is 5.02 Å². The maximum absolute atomic E-state index is 14.2. The largest absolute Gasteiger partial charge is 0.457 e. The number of aliphatic hydroxyl groups is 1. The number of nitrogens with one attached hydrogen (secondary N) is 1. The Kier molecular flexibility index (Phi) is 9.55.